The highest BCUT2D eigenvalue weighted by atomic mass is 35.5. The highest BCUT2D eigenvalue weighted by Crippen LogP contribution is 2.36. The third kappa shape index (κ3) is 4.91. The second kappa shape index (κ2) is 9.25. The van der Waals surface area contributed by atoms with Gasteiger partial charge in [-0.05, 0) is 18.2 Å². The van der Waals surface area contributed by atoms with Crippen molar-refractivity contribution in [3.63, 3.8) is 0 Å². The molecule has 31 heavy (non-hydrogen) atoms. The number of aromatic hydroxyl groups is 1. The number of phenols is 1. The summed E-state index contributed by atoms with van der Waals surface area (Å²) in [5.41, 5.74) is -4.96. The molecular formula is C20H17ClF4N2O4. The van der Waals surface area contributed by atoms with Crippen molar-refractivity contribution in [2.45, 2.75) is 20.0 Å². The average Bonchev–Trinajstić information content (AvgIpc) is 2.70. The molecule has 0 aliphatic carbocycles. The van der Waals surface area contributed by atoms with Crippen molar-refractivity contribution in [1.29, 1.82) is 0 Å². The van der Waals surface area contributed by atoms with Crippen molar-refractivity contribution in [3.05, 3.63) is 79.8 Å². The molecule has 1 aromatic heterocycles. The molecule has 6 nitrogen and oxygen atoms in total. The molecule has 0 unspecified atom stereocenters. The molecule has 0 saturated heterocycles. The molecule has 2 aromatic carbocycles. The normalized spacial score (nSPS) is 11.0. The van der Waals surface area contributed by atoms with Crippen LogP contribution in [0.15, 0.2) is 52.1 Å². The Morgan fingerprint density at radius 2 is 1.65 bits per heavy atom. The highest BCUT2D eigenvalue weighted by Gasteiger charge is 2.35. The molecule has 0 fully saturated rings. The van der Waals surface area contributed by atoms with Gasteiger partial charge in [-0.2, -0.15) is 13.2 Å². The van der Waals surface area contributed by atoms with E-state index in [1.165, 1.54) is 24.3 Å². The Bertz CT molecular complexity index is 1220. The van der Waals surface area contributed by atoms with Crippen LogP contribution in [-0.4, -0.2) is 14.2 Å². The molecule has 0 bridgehead atoms. The van der Waals surface area contributed by atoms with Crippen LogP contribution in [0.2, 0.25) is 5.02 Å². The van der Waals surface area contributed by atoms with E-state index in [-0.39, 0.29) is 37.5 Å². The fourth-order valence-electron chi connectivity index (χ4n) is 2.55. The number of rotatable bonds is 3. The Morgan fingerprint density at radius 3 is 2.23 bits per heavy atom. The van der Waals surface area contributed by atoms with Gasteiger partial charge in [0, 0.05) is 19.2 Å². The lowest BCUT2D eigenvalue weighted by molar-refractivity contribution is -0.144. The van der Waals surface area contributed by atoms with Gasteiger partial charge in [0.25, 0.3) is 5.56 Å². The van der Waals surface area contributed by atoms with Crippen LogP contribution < -0.4 is 16.0 Å². The highest BCUT2D eigenvalue weighted by molar-refractivity contribution is 6.32. The molecule has 3 aromatic rings. The van der Waals surface area contributed by atoms with Gasteiger partial charge in [-0.15, -0.1) is 0 Å². The Hall–Kier alpha value is -3.27. The number of para-hydroxylation sites is 2. The van der Waals surface area contributed by atoms with E-state index in [0.717, 1.165) is 19.2 Å². The van der Waals surface area contributed by atoms with Crippen molar-refractivity contribution in [2.75, 3.05) is 0 Å². The maximum absolute atomic E-state index is 14.4. The van der Waals surface area contributed by atoms with Crippen LogP contribution in [0.4, 0.5) is 17.6 Å². The zero-order valence-corrected chi connectivity index (χ0v) is 17.3. The molecule has 0 atom stereocenters. The second-order valence-electron chi connectivity index (χ2n) is 5.85. The fraction of sp³-hybridized carbons (Fsp3) is 0.200. The first-order chi connectivity index (χ1) is 14.5. The van der Waals surface area contributed by atoms with Crippen LogP contribution in [0.3, 0.4) is 0 Å². The number of ether oxygens (including phenoxy) is 1. The molecule has 0 saturated carbocycles. The molecule has 3 rings (SSSR count). The number of phenolic OH excluding ortho intramolecular Hbond substituents is 1. The maximum atomic E-state index is 14.4. The van der Waals surface area contributed by atoms with Crippen LogP contribution in [0.25, 0.3) is 5.69 Å². The third-order valence-electron chi connectivity index (χ3n) is 3.94. The minimum absolute atomic E-state index is 0.0559. The van der Waals surface area contributed by atoms with Gasteiger partial charge in [0.05, 0.1) is 10.7 Å². The van der Waals surface area contributed by atoms with Gasteiger partial charge < -0.3 is 9.84 Å². The Balaban J connectivity index is 0.00000166. The lowest BCUT2D eigenvalue weighted by Gasteiger charge is -2.15. The second-order valence-corrected chi connectivity index (χ2v) is 6.25. The average molecular weight is 461 g/mol. The summed E-state index contributed by atoms with van der Waals surface area (Å²) in [5.74, 6) is -1.70. The van der Waals surface area contributed by atoms with E-state index < -0.39 is 34.6 Å². The lowest BCUT2D eigenvalue weighted by atomic mass is 10.2. The van der Waals surface area contributed by atoms with E-state index in [2.05, 4.69) is 0 Å². The van der Waals surface area contributed by atoms with Crippen LogP contribution in [0.5, 0.6) is 17.2 Å². The summed E-state index contributed by atoms with van der Waals surface area (Å²) >= 11 is 5.92. The Morgan fingerprint density at radius 1 is 1.03 bits per heavy atom. The zero-order chi connectivity index (χ0) is 23.5. The first-order valence-electron chi connectivity index (χ1n) is 8.86. The predicted molar refractivity (Wildman–Crippen MR) is 107 cm³/mol. The summed E-state index contributed by atoms with van der Waals surface area (Å²) in [7, 11) is 0.800. The first-order valence-corrected chi connectivity index (χ1v) is 9.24. The van der Waals surface area contributed by atoms with Gasteiger partial charge >= 0.3 is 11.9 Å². The quantitative estimate of drug-likeness (QED) is 0.566. The molecule has 0 radical (unpaired) electrons. The Kier molecular flexibility index (Phi) is 7.17. The van der Waals surface area contributed by atoms with Crippen LogP contribution in [-0.2, 0) is 13.2 Å². The number of benzene rings is 2. The lowest BCUT2D eigenvalue weighted by Crippen LogP contribution is -2.41. The third-order valence-corrected chi connectivity index (χ3v) is 4.23. The number of hydrogen-bond acceptors (Lipinski definition) is 4. The van der Waals surface area contributed by atoms with Crippen LogP contribution >= 0.6 is 11.6 Å². The molecule has 0 aliphatic heterocycles. The number of nitrogens with zero attached hydrogens (tertiary/aromatic N) is 2. The topological polar surface area (TPSA) is 73.5 Å². The molecule has 1 heterocycles. The summed E-state index contributed by atoms with van der Waals surface area (Å²) in [4.78, 5) is 24.6. The van der Waals surface area contributed by atoms with Crippen molar-refractivity contribution in [3.8, 4) is 22.9 Å². The smallest absolute Gasteiger partial charge is 0.431 e. The molecule has 11 heteroatoms. The summed E-state index contributed by atoms with van der Waals surface area (Å²) in [5, 5.41) is 9.52. The minimum Gasteiger partial charge on any atom is -0.504 e. The van der Waals surface area contributed by atoms with Crippen molar-refractivity contribution in [2.24, 2.45) is 7.05 Å². The summed E-state index contributed by atoms with van der Waals surface area (Å²) in [6.45, 7) is 4.00. The largest absolute Gasteiger partial charge is 0.504 e. The molecule has 0 amide bonds. The maximum Gasteiger partial charge on any atom is 0.431 e. The van der Waals surface area contributed by atoms with Gasteiger partial charge in [0.1, 0.15) is 17.3 Å². The van der Waals surface area contributed by atoms with Gasteiger partial charge in [0.15, 0.2) is 11.5 Å². The molecule has 0 spiro atoms. The molecule has 166 valence electrons. The Labute approximate surface area is 178 Å². The van der Waals surface area contributed by atoms with E-state index in [4.69, 9.17) is 16.3 Å². The van der Waals surface area contributed by atoms with Crippen molar-refractivity contribution >= 4 is 11.6 Å². The standard InChI is InChI=1S/C18H11ClF4N2O4.C2H6/c1-24-15(18(21,22)23)8-16(27)25(17(24)28)11-7-14(9(19)6-10(11)20)29-13-5-3-2-4-12(13)26;1-2/h2-8,26H,1H3;1-2H3. The first kappa shape index (κ1) is 24.0. The summed E-state index contributed by atoms with van der Waals surface area (Å²) in [6.07, 6.45) is -4.95. The van der Waals surface area contributed by atoms with Crippen LogP contribution in [0, 0.1) is 5.82 Å². The fourth-order valence-corrected chi connectivity index (χ4v) is 2.74. The SMILES string of the molecule is CC.Cn1c(C(F)(F)F)cc(=O)n(-c2cc(Oc3ccccc3O)c(Cl)cc2F)c1=O. The van der Waals surface area contributed by atoms with E-state index in [1.54, 1.807) is 0 Å². The monoisotopic (exact) mass is 460 g/mol. The van der Waals surface area contributed by atoms with Gasteiger partial charge in [-0.25, -0.2) is 13.8 Å². The number of halogens is 5. The molecule has 1 N–H and O–H groups in total. The van der Waals surface area contributed by atoms with Gasteiger partial charge in [-0.1, -0.05) is 37.6 Å². The number of alkyl halides is 3. The summed E-state index contributed by atoms with van der Waals surface area (Å²) < 4.78 is 59.2. The van der Waals surface area contributed by atoms with Crippen molar-refractivity contribution in [1.82, 2.24) is 9.13 Å². The van der Waals surface area contributed by atoms with E-state index in [0.29, 0.717) is 0 Å². The van der Waals surface area contributed by atoms with Gasteiger partial charge in [-0.3, -0.25) is 9.36 Å². The number of aromatic nitrogens is 2. The minimum atomic E-state index is -4.95. The molecular weight excluding hydrogens is 444 g/mol. The zero-order valence-electron chi connectivity index (χ0n) is 16.5. The summed E-state index contributed by atoms with van der Waals surface area (Å²) in [6, 6.07) is 7.52. The molecule has 0 aliphatic rings. The van der Waals surface area contributed by atoms with Crippen LogP contribution in [0.1, 0.15) is 19.5 Å². The van der Waals surface area contributed by atoms with Gasteiger partial charge in [0.2, 0.25) is 0 Å². The van der Waals surface area contributed by atoms with E-state index in [1.807, 2.05) is 13.8 Å². The predicted octanol–water partition coefficient (Wildman–Crippen LogP) is 4.87. The van der Waals surface area contributed by atoms with Crippen molar-refractivity contribution < 1.29 is 27.4 Å². The van der Waals surface area contributed by atoms with E-state index >= 15 is 0 Å². The number of hydrogen-bond donors (Lipinski definition) is 1. The van der Waals surface area contributed by atoms with E-state index in [9.17, 15) is 32.3 Å².